The number of hydrogen-bond donors (Lipinski definition) is 1. The van der Waals surface area contributed by atoms with Crippen LogP contribution in [0.25, 0.3) is 0 Å². The van der Waals surface area contributed by atoms with Crippen LogP contribution in [0.1, 0.15) is 5.69 Å². The van der Waals surface area contributed by atoms with Crippen molar-refractivity contribution < 1.29 is 8.42 Å². The Balaban J connectivity index is 2.07. The molecule has 1 saturated heterocycles. The first-order valence-corrected chi connectivity index (χ1v) is 7.41. The zero-order valence-corrected chi connectivity index (χ0v) is 9.85. The lowest BCUT2D eigenvalue weighted by Crippen LogP contribution is -2.40. The predicted molar refractivity (Wildman–Crippen MR) is 60.9 cm³/mol. The van der Waals surface area contributed by atoms with Crippen molar-refractivity contribution >= 4 is 26.3 Å². The van der Waals surface area contributed by atoms with E-state index in [1.165, 1.54) is 11.3 Å². The van der Waals surface area contributed by atoms with Crippen molar-refractivity contribution in [1.82, 2.24) is 4.98 Å². The summed E-state index contributed by atoms with van der Waals surface area (Å²) in [6.45, 7) is 1.52. The number of nitrogens with two attached hydrogens (primary N) is 1. The van der Waals surface area contributed by atoms with Gasteiger partial charge >= 0.3 is 0 Å². The highest BCUT2D eigenvalue weighted by Crippen LogP contribution is 2.21. The summed E-state index contributed by atoms with van der Waals surface area (Å²) in [5.74, 6) is 0.453. The van der Waals surface area contributed by atoms with Crippen molar-refractivity contribution in [1.29, 1.82) is 0 Å². The number of hydrogen-bond acceptors (Lipinski definition) is 6. The van der Waals surface area contributed by atoms with Crippen LogP contribution in [0.3, 0.4) is 0 Å². The van der Waals surface area contributed by atoms with Crippen LogP contribution in [0.2, 0.25) is 0 Å². The molecule has 1 aliphatic rings. The van der Waals surface area contributed by atoms with E-state index in [2.05, 4.69) is 4.98 Å². The molecule has 0 spiro atoms. The summed E-state index contributed by atoms with van der Waals surface area (Å²) < 4.78 is 22.5. The van der Waals surface area contributed by atoms with E-state index in [-0.39, 0.29) is 11.5 Å². The SMILES string of the molecule is NCc1csc(N2CCS(=O)(=O)CC2)n1. The Bertz CT molecular complexity index is 426. The summed E-state index contributed by atoms with van der Waals surface area (Å²) in [5.41, 5.74) is 6.33. The lowest BCUT2D eigenvalue weighted by atomic mass is 10.5. The molecule has 2 heterocycles. The molecule has 0 radical (unpaired) electrons. The van der Waals surface area contributed by atoms with Crippen molar-refractivity contribution in [3.05, 3.63) is 11.1 Å². The van der Waals surface area contributed by atoms with Gasteiger partial charge in [0, 0.05) is 25.0 Å². The van der Waals surface area contributed by atoms with E-state index in [0.717, 1.165) is 10.8 Å². The highest BCUT2D eigenvalue weighted by molar-refractivity contribution is 7.91. The van der Waals surface area contributed by atoms with Crippen LogP contribution < -0.4 is 10.6 Å². The van der Waals surface area contributed by atoms with E-state index in [1.54, 1.807) is 0 Å². The normalized spacial score (nSPS) is 20.5. The van der Waals surface area contributed by atoms with Gasteiger partial charge in [-0.1, -0.05) is 0 Å². The summed E-state index contributed by atoms with van der Waals surface area (Å²) in [5, 5.41) is 2.80. The van der Waals surface area contributed by atoms with Crippen molar-refractivity contribution in [2.24, 2.45) is 5.73 Å². The molecular formula is C8H13N3O2S2. The molecule has 2 rings (SSSR count). The van der Waals surface area contributed by atoms with E-state index >= 15 is 0 Å². The molecule has 0 unspecified atom stereocenters. The average Bonchev–Trinajstić information content (AvgIpc) is 2.66. The lowest BCUT2D eigenvalue weighted by Gasteiger charge is -2.25. The van der Waals surface area contributed by atoms with Crippen molar-refractivity contribution in [3.63, 3.8) is 0 Å². The van der Waals surface area contributed by atoms with Gasteiger partial charge in [0.05, 0.1) is 17.2 Å². The molecule has 7 heteroatoms. The number of anilines is 1. The number of aromatic nitrogens is 1. The highest BCUT2D eigenvalue weighted by atomic mass is 32.2. The molecule has 1 aromatic heterocycles. The Morgan fingerprint density at radius 3 is 2.67 bits per heavy atom. The van der Waals surface area contributed by atoms with Crippen molar-refractivity contribution in [3.8, 4) is 0 Å². The van der Waals surface area contributed by atoms with Crippen molar-refractivity contribution in [2.75, 3.05) is 29.5 Å². The summed E-state index contributed by atoms with van der Waals surface area (Å²) in [7, 11) is -2.81. The molecule has 15 heavy (non-hydrogen) atoms. The third kappa shape index (κ3) is 2.47. The van der Waals surface area contributed by atoms with Gasteiger partial charge in [-0.2, -0.15) is 0 Å². The standard InChI is InChI=1S/C8H13N3O2S2/c9-5-7-6-14-8(10-7)11-1-3-15(12,13)4-2-11/h6H,1-5,9H2. The van der Waals surface area contributed by atoms with Crippen LogP contribution in [0.15, 0.2) is 5.38 Å². The van der Waals surface area contributed by atoms with Gasteiger partial charge in [0.25, 0.3) is 0 Å². The van der Waals surface area contributed by atoms with E-state index in [1.807, 2.05) is 10.3 Å². The Morgan fingerprint density at radius 2 is 2.13 bits per heavy atom. The minimum absolute atomic E-state index is 0.227. The van der Waals surface area contributed by atoms with Crippen LogP contribution in [0.4, 0.5) is 5.13 Å². The molecule has 1 aliphatic heterocycles. The monoisotopic (exact) mass is 247 g/mol. The van der Waals surface area contributed by atoms with Crippen LogP contribution >= 0.6 is 11.3 Å². The Labute approximate surface area is 92.8 Å². The Morgan fingerprint density at radius 1 is 1.47 bits per heavy atom. The fourth-order valence-corrected chi connectivity index (χ4v) is 3.53. The Hall–Kier alpha value is -0.660. The minimum atomic E-state index is -2.81. The second kappa shape index (κ2) is 4.07. The van der Waals surface area contributed by atoms with E-state index in [9.17, 15) is 8.42 Å². The maximum Gasteiger partial charge on any atom is 0.185 e. The van der Waals surface area contributed by atoms with Crippen molar-refractivity contribution in [2.45, 2.75) is 6.54 Å². The fraction of sp³-hybridized carbons (Fsp3) is 0.625. The van der Waals surface area contributed by atoms with E-state index in [0.29, 0.717) is 19.6 Å². The molecule has 1 aromatic rings. The predicted octanol–water partition coefficient (Wildman–Crippen LogP) is -0.163. The van der Waals surface area contributed by atoms with Gasteiger partial charge in [-0.25, -0.2) is 13.4 Å². The molecule has 2 N–H and O–H groups in total. The first-order chi connectivity index (χ1) is 7.11. The quantitative estimate of drug-likeness (QED) is 0.785. The molecule has 0 bridgehead atoms. The van der Waals surface area contributed by atoms with Gasteiger partial charge in [-0.3, -0.25) is 0 Å². The second-order valence-corrected chi connectivity index (χ2v) is 6.60. The van der Waals surface area contributed by atoms with Gasteiger partial charge in [-0.15, -0.1) is 11.3 Å². The third-order valence-electron chi connectivity index (χ3n) is 2.36. The molecule has 0 aliphatic carbocycles. The summed E-state index contributed by atoms with van der Waals surface area (Å²) >= 11 is 1.52. The summed E-state index contributed by atoms with van der Waals surface area (Å²) in [4.78, 5) is 6.33. The minimum Gasteiger partial charge on any atom is -0.346 e. The van der Waals surface area contributed by atoms with Gasteiger partial charge in [0.1, 0.15) is 0 Å². The fourth-order valence-electron chi connectivity index (χ4n) is 1.44. The second-order valence-electron chi connectivity index (χ2n) is 3.46. The smallest absolute Gasteiger partial charge is 0.185 e. The molecule has 0 aromatic carbocycles. The largest absolute Gasteiger partial charge is 0.346 e. The van der Waals surface area contributed by atoms with Crippen LogP contribution in [0, 0.1) is 0 Å². The first kappa shape index (κ1) is 10.8. The Kier molecular flexibility index (Phi) is 2.94. The molecule has 5 nitrogen and oxygen atoms in total. The highest BCUT2D eigenvalue weighted by Gasteiger charge is 2.23. The van der Waals surface area contributed by atoms with Gasteiger partial charge in [0.2, 0.25) is 0 Å². The molecule has 0 atom stereocenters. The van der Waals surface area contributed by atoms with E-state index < -0.39 is 9.84 Å². The lowest BCUT2D eigenvalue weighted by molar-refractivity contribution is 0.586. The topological polar surface area (TPSA) is 76.3 Å². The van der Waals surface area contributed by atoms with Crippen LogP contribution in [0.5, 0.6) is 0 Å². The van der Waals surface area contributed by atoms with Crippen LogP contribution in [-0.2, 0) is 16.4 Å². The maximum absolute atomic E-state index is 11.2. The van der Waals surface area contributed by atoms with Crippen LogP contribution in [-0.4, -0.2) is 38.0 Å². The number of sulfone groups is 1. The van der Waals surface area contributed by atoms with Gasteiger partial charge in [0.15, 0.2) is 15.0 Å². The number of rotatable bonds is 2. The molecule has 1 fully saturated rings. The summed E-state index contributed by atoms with van der Waals surface area (Å²) in [6.07, 6.45) is 0. The number of thiazole rings is 1. The van der Waals surface area contributed by atoms with Gasteiger partial charge in [-0.05, 0) is 0 Å². The zero-order chi connectivity index (χ0) is 10.9. The average molecular weight is 247 g/mol. The van der Waals surface area contributed by atoms with E-state index in [4.69, 9.17) is 5.73 Å². The first-order valence-electron chi connectivity index (χ1n) is 4.70. The summed E-state index contributed by atoms with van der Waals surface area (Å²) in [6, 6.07) is 0. The van der Waals surface area contributed by atoms with Gasteiger partial charge < -0.3 is 10.6 Å². The third-order valence-corrected chi connectivity index (χ3v) is 4.92. The zero-order valence-electron chi connectivity index (χ0n) is 8.22. The molecule has 84 valence electrons. The number of nitrogens with zero attached hydrogens (tertiary/aromatic N) is 2. The molecule has 0 amide bonds. The maximum atomic E-state index is 11.2. The molecule has 0 saturated carbocycles. The molecular weight excluding hydrogens is 234 g/mol.